The fraction of sp³-hybridized carbons (Fsp3) is 0.214. The molecule has 2 aromatic rings. The summed E-state index contributed by atoms with van der Waals surface area (Å²) < 4.78 is 13.4. The molecule has 106 valence electrons. The quantitative estimate of drug-likeness (QED) is 0.811. The van der Waals surface area contributed by atoms with E-state index in [1.807, 2.05) is 13.0 Å². The molecule has 1 aromatic heterocycles. The molecular weight excluding hydrogens is 279 g/mol. The number of aliphatic hydroxyl groups is 1. The molecule has 4 nitrogen and oxygen atoms in total. The number of nitrogens with one attached hydrogen (secondary N) is 2. The molecule has 0 spiro atoms. The van der Waals surface area contributed by atoms with Crippen molar-refractivity contribution < 1.29 is 14.3 Å². The topological polar surface area (TPSA) is 61.4 Å². The van der Waals surface area contributed by atoms with Gasteiger partial charge in [0, 0.05) is 17.0 Å². The van der Waals surface area contributed by atoms with Gasteiger partial charge in [0.25, 0.3) is 0 Å². The molecule has 0 fully saturated rings. The van der Waals surface area contributed by atoms with Crippen molar-refractivity contribution in [2.45, 2.75) is 13.0 Å². The molecule has 0 radical (unpaired) electrons. The minimum atomic E-state index is -1.08. The second-order valence-corrected chi connectivity index (χ2v) is 5.57. The first kappa shape index (κ1) is 14.5. The highest BCUT2D eigenvalue weighted by atomic mass is 32.1. The Kier molecular flexibility index (Phi) is 4.70. The van der Waals surface area contributed by atoms with Crippen LogP contribution in [0, 0.1) is 12.7 Å². The number of rotatable bonds is 4. The van der Waals surface area contributed by atoms with Crippen LogP contribution in [0.25, 0.3) is 0 Å². The number of benzene rings is 1. The van der Waals surface area contributed by atoms with Crippen LogP contribution in [0.4, 0.5) is 14.2 Å². The summed E-state index contributed by atoms with van der Waals surface area (Å²) in [6.45, 7) is 1.88. The number of carbonyl (C=O) groups is 1. The van der Waals surface area contributed by atoms with Crippen LogP contribution < -0.4 is 10.6 Å². The lowest BCUT2D eigenvalue weighted by atomic mass is 10.1. The van der Waals surface area contributed by atoms with Crippen molar-refractivity contribution in [2.24, 2.45) is 0 Å². The normalized spacial score (nSPS) is 11.9. The highest BCUT2D eigenvalue weighted by Crippen LogP contribution is 2.20. The van der Waals surface area contributed by atoms with Gasteiger partial charge >= 0.3 is 6.03 Å². The molecule has 3 N–H and O–H groups in total. The van der Waals surface area contributed by atoms with Gasteiger partial charge in [0.05, 0.1) is 11.1 Å². The number of carbonyl (C=O) groups excluding carboxylic acids is 1. The lowest BCUT2D eigenvalue weighted by Gasteiger charge is -2.13. The van der Waals surface area contributed by atoms with Crippen LogP contribution in [0.3, 0.4) is 0 Å². The van der Waals surface area contributed by atoms with Gasteiger partial charge in [0.2, 0.25) is 0 Å². The summed E-state index contributed by atoms with van der Waals surface area (Å²) in [6, 6.07) is 9.21. The minimum Gasteiger partial charge on any atom is -0.386 e. The molecule has 2 rings (SSSR count). The van der Waals surface area contributed by atoms with Crippen LogP contribution in [0.1, 0.15) is 16.5 Å². The molecule has 0 aliphatic heterocycles. The van der Waals surface area contributed by atoms with Gasteiger partial charge in [-0.15, -0.1) is 11.3 Å². The first-order chi connectivity index (χ1) is 9.56. The fourth-order valence-electron chi connectivity index (χ4n) is 1.70. The maximum atomic E-state index is 13.4. The predicted molar refractivity (Wildman–Crippen MR) is 77.4 cm³/mol. The van der Waals surface area contributed by atoms with Gasteiger partial charge in [-0.05, 0) is 25.1 Å². The third-order valence-corrected chi connectivity index (χ3v) is 3.61. The van der Waals surface area contributed by atoms with Crippen LogP contribution >= 0.6 is 11.3 Å². The molecule has 20 heavy (non-hydrogen) atoms. The number of aliphatic hydroxyl groups excluding tert-OH is 1. The largest absolute Gasteiger partial charge is 0.386 e. The average Bonchev–Trinajstić information content (AvgIpc) is 2.82. The van der Waals surface area contributed by atoms with Crippen LogP contribution in [-0.4, -0.2) is 17.7 Å². The minimum absolute atomic E-state index is 0.0584. The molecule has 1 atom stereocenters. The van der Waals surface area contributed by atoms with Gasteiger partial charge in [0.15, 0.2) is 0 Å². The third kappa shape index (κ3) is 3.79. The zero-order valence-corrected chi connectivity index (χ0v) is 11.7. The van der Waals surface area contributed by atoms with Gasteiger partial charge in [0.1, 0.15) is 5.82 Å². The van der Waals surface area contributed by atoms with Gasteiger partial charge in [-0.3, -0.25) is 5.32 Å². The average molecular weight is 294 g/mol. The van der Waals surface area contributed by atoms with E-state index in [9.17, 15) is 14.3 Å². The lowest BCUT2D eigenvalue weighted by molar-refractivity contribution is 0.170. The van der Waals surface area contributed by atoms with Gasteiger partial charge in [-0.25, -0.2) is 9.18 Å². The first-order valence-electron chi connectivity index (χ1n) is 6.10. The third-order valence-electron chi connectivity index (χ3n) is 2.70. The van der Waals surface area contributed by atoms with Crippen LogP contribution in [0.15, 0.2) is 36.4 Å². The van der Waals surface area contributed by atoms with E-state index in [2.05, 4.69) is 10.6 Å². The SMILES string of the molecule is Cc1ccc(NC(=O)NCC(O)c2ccccc2F)s1. The van der Waals surface area contributed by atoms with Gasteiger partial charge in [-0.2, -0.15) is 0 Å². The van der Waals surface area contributed by atoms with E-state index in [1.54, 1.807) is 18.2 Å². The Hall–Kier alpha value is -1.92. The molecule has 1 unspecified atom stereocenters. The standard InChI is InChI=1S/C14H15FN2O2S/c1-9-6-7-13(20-9)17-14(19)16-8-12(18)10-4-2-3-5-11(10)15/h2-7,12,18H,8H2,1H3,(H2,16,17,19). The van der Waals surface area contributed by atoms with Crippen molar-refractivity contribution >= 4 is 22.4 Å². The maximum Gasteiger partial charge on any atom is 0.319 e. The van der Waals surface area contributed by atoms with E-state index in [0.29, 0.717) is 0 Å². The van der Waals surface area contributed by atoms with Crippen molar-refractivity contribution in [3.8, 4) is 0 Å². The molecule has 0 saturated heterocycles. The van der Waals surface area contributed by atoms with Gasteiger partial charge < -0.3 is 10.4 Å². The Labute approximate surface area is 120 Å². The number of urea groups is 1. The van der Waals surface area contributed by atoms with Crippen molar-refractivity contribution in [1.29, 1.82) is 0 Å². The number of hydrogen-bond donors (Lipinski definition) is 3. The summed E-state index contributed by atoms with van der Waals surface area (Å²) in [4.78, 5) is 12.7. The molecule has 2 amide bonds. The zero-order valence-electron chi connectivity index (χ0n) is 10.9. The summed E-state index contributed by atoms with van der Waals surface area (Å²) in [5.41, 5.74) is 0.166. The monoisotopic (exact) mass is 294 g/mol. The van der Waals surface area contributed by atoms with Gasteiger partial charge in [-0.1, -0.05) is 18.2 Å². The number of thiophene rings is 1. The molecule has 1 aromatic carbocycles. The second kappa shape index (κ2) is 6.49. The Morgan fingerprint density at radius 2 is 2.10 bits per heavy atom. The first-order valence-corrected chi connectivity index (χ1v) is 6.91. The highest BCUT2D eigenvalue weighted by molar-refractivity contribution is 7.16. The number of aryl methyl sites for hydroxylation is 1. The number of halogens is 1. The predicted octanol–water partition coefficient (Wildman–Crippen LogP) is 3.05. The summed E-state index contributed by atoms with van der Waals surface area (Å²) in [5.74, 6) is -0.490. The van der Waals surface area contributed by atoms with E-state index in [0.717, 1.165) is 9.88 Å². The molecule has 6 heteroatoms. The van der Waals surface area contributed by atoms with Crippen molar-refractivity contribution in [3.63, 3.8) is 0 Å². The van der Waals surface area contributed by atoms with E-state index >= 15 is 0 Å². The fourth-order valence-corrected chi connectivity index (χ4v) is 2.47. The van der Waals surface area contributed by atoms with E-state index in [-0.39, 0.29) is 12.1 Å². The molecule has 0 bridgehead atoms. The maximum absolute atomic E-state index is 13.4. The Morgan fingerprint density at radius 1 is 1.35 bits per heavy atom. The Bertz CT molecular complexity index is 600. The van der Waals surface area contributed by atoms with E-state index in [1.165, 1.54) is 23.5 Å². The smallest absolute Gasteiger partial charge is 0.319 e. The second-order valence-electron chi connectivity index (χ2n) is 4.28. The van der Waals surface area contributed by atoms with E-state index in [4.69, 9.17) is 0 Å². The molecule has 0 saturated carbocycles. The lowest BCUT2D eigenvalue weighted by Crippen LogP contribution is -2.32. The highest BCUT2D eigenvalue weighted by Gasteiger charge is 2.13. The summed E-state index contributed by atoms with van der Waals surface area (Å²) in [7, 11) is 0. The summed E-state index contributed by atoms with van der Waals surface area (Å²) >= 11 is 1.45. The Balaban J connectivity index is 1.85. The van der Waals surface area contributed by atoms with Crippen molar-refractivity contribution in [3.05, 3.63) is 52.7 Å². The van der Waals surface area contributed by atoms with Crippen LogP contribution in [0.2, 0.25) is 0 Å². The van der Waals surface area contributed by atoms with Crippen LogP contribution in [0.5, 0.6) is 0 Å². The van der Waals surface area contributed by atoms with E-state index < -0.39 is 18.0 Å². The molecular formula is C14H15FN2O2S. The zero-order chi connectivity index (χ0) is 14.5. The molecule has 0 aliphatic carbocycles. The molecule has 0 aliphatic rings. The summed E-state index contributed by atoms with van der Waals surface area (Å²) in [6.07, 6.45) is -1.08. The number of anilines is 1. The molecule has 1 heterocycles. The number of amides is 2. The van der Waals surface area contributed by atoms with Crippen molar-refractivity contribution in [1.82, 2.24) is 5.32 Å². The number of hydrogen-bond acceptors (Lipinski definition) is 3. The van der Waals surface area contributed by atoms with Crippen molar-refractivity contribution in [2.75, 3.05) is 11.9 Å². The summed E-state index contributed by atoms with van der Waals surface area (Å²) in [5, 5.41) is 15.7. The Morgan fingerprint density at radius 3 is 2.75 bits per heavy atom. The van der Waals surface area contributed by atoms with Crippen LogP contribution in [-0.2, 0) is 0 Å².